The Bertz CT molecular complexity index is 1290. The molecular weight excluding hydrogens is 440 g/mol. The molecule has 1 aromatic heterocycles. The number of amides is 1. The molecule has 4 rings (SSSR count). The molecule has 1 unspecified atom stereocenters. The van der Waals surface area contributed by atoms with Crippen LogP contribution in [-0.4, -0.2) is 35.1 Å². The van der Waals surface area contributed by atoms with Gasteiger partial charge in [0.25, 0.3) is 5.91 Å². The minimum absolute atomic E-state index is 0.0380. The van der Waals surface area contributed by atoms with E-state index in [2.05, 4.69) is 22.1 Å². The Hall–Kier alpha value is -3.29. The first-order valence-electron chi connectivity index (χ1n) is 10.4. The molecule has 3 aromatic rings. The van der Waals surface area contributed by atoms with Crippen LogP contribution < -0.4 is 16.0 Å². The summed E-state index contributed by atoms with van der Waals surface area (Å²) in [4.78, 5) is 16.5. The lowest BCUT2D eigenvalue weighted by molar-refractivity contribution is -0.137. The largest absolute Gasteiger partial charge is 0.416 e. The maximum absolute atomic E-state index is 15.4. The first kappa shape index (κ1) is 22.9. The summed E-state index contributed by atoms with van der Waals surface area (Å²) in [6, 6.07) is 3.99. The Kier molecular flexibility index (Phi) is 5.95. The molecule has 1 saturated heterocycles. The van der Waals surface area contributed by atoms with E-state index in [1.165, 1.54) is 6.07 Å². The van der Waals surface area contributed by atoms with Gasteiger partial charge in [-0.05, 0) is 43.9 Å². The van der Waals surface area contributed by atoms with E-state index < -0.39 is 29.7 Å². The van der Waals surface area contributed by atoms with Gasteiger partial charge in [-0.3, -0.25) is 4.79 Å². The number of carbonyl (C=O) groups is 1. The zero-order valence-corrected chi connectivity index (χ0v) is 17.7. The highest BCUT2D eigenvalue weighted by molar-refractivity contribution is 6.15. The summed E-state index contributed by atoms with van der Waals surface area (Å²) >= 11 is 0. The lowest BCUT2D eigenvalue weighted by Gasteiger charge is -2.35. The molecule has 174 valence electrons. The van der Waals surface area contributed by atoms with Crippen LogP contribution in [-0.2, 0) is 11.0 Å². The summed E-state index contributed by atoms with van der Waals surface area (Å²) < 4.78 is 55.1. The predicted molar refractivity (Wildman–Crippen MR) is 117 cm³/mol. The number of nitrogens with zero attached hydrogens (tertiary/aromatic N) is 1. The number of carbonyl (C=O) groups excluding carboxylic acids is 1. The van der Waals surface area contributed by atoms with Crippen molar-refractivity contribution in [2.45, 2.75) is 38.2 Å². The van der Waals surface area contributed by atoms with Crippen LogP contribution >= 0.6 is 0 Å². The van der Waals surface area contributed by atoms with E-state index in [0.29, 0.717) is 36.7 Å². The molecule has 1 amide bonds. The number of anilines is 1. The summed E-state index contributed by atoms with van der Waals surface area (Å²) in [5.41, 5.74) is 5.40. The fourth-order valence-corrected chi connectivity index (χ4v) is 4.41. The zero-order valence-electron chi connectivity index (χ0n) is 17.7. The number of H-pyrrole nitrogens is 1. The van der Waals surface area contributed by atoms with Crippen molar-refractivity contribution in [1.29, 1.82) is 0 Å². The Morgan fingerprint density at radius 1 is 1.36 bits per heavy atom. The number of fused-ring (bicyclic) bond motifs is 3. The van der Waals surface area contributed by atoms with E-state index in [1.807, 2.05) is 0 Å². The zero-order chi connectivity index (χ0) is 23.9. The average Bonchev–Trinajstić information content (AvgIpc) is 3.11. The number of aliphatic hydroxyl groups excluding tert-OH is 1. The molecule has 6 nitrogen and oxygen atoms in total. The van der Waals surface area contributed by atoms with Crippen LogP contribution in [0.15, 0.2) is 24.3 Å². The molecule has 2 aromatic carbocycles. The minimum Gasteiger partial charge on any atom is -0.374 e. The number of hydrogen-bond acceptors (Lipinski definition) is 4. The number of aromatic amines is 1. The van der Waals surface area contributed by atoms with Gasteiger partial charge < -0.3 is 26.0 Å². The van der Waals surface area contributed by atoms with E-state index in [4.69, 9.17) is 5.73 Å². The molecule has 33 heavy (non-hydrogen) atoms. The van der Waals surface area contributed by atoms with Crippen LogP contribution in [0.2, 0.25) is 0 Å². The highest BCUT2D eigenvalue weighted by atomic mass is 19.4. The van der Waals surface area contributed by atoms with Gasteiger partial charge >= 0.3 is 6.18 Å². The van der Waals surface area contributed by atoms with E-state index >= 15 is 4.39 Å². The molecule has 1 aliphatic rings. The number of rotatable bonds is 3. The van der Waals surface area contributed by atoms with Gasteiger partial charge in [-0.2, -0.15) is 13.2 Å². The van der Waals surface area contributed by atoms with Gasteiger partial charge in [0.15, 0.2) is 0 Å². The topological polar surface area (TPSA) is 94.4 Å². The smallest absolute Gasteiger partial charge is 0.374 e. The number of piperidine rings is 1. The van der Waals surface area contributed by atoms with Crippen LogP contribution in [0.4, 0.5) is 23.2 Å². The van der Waals surface area contributed by atoms with Crippen LogP contribution in [0.3, 0.4) is 0 Å². The number of halogens is 4. The van der Waals surface area contributed by atoms with Crippen LogP contribution in [0.25, 0.3) is 21.8 Å². The van der Waals surface area contributed by atoms with Gasteiger partial charge in [0, 0.05) is 41.0 Å². The second-order valence-corrected chi connectivity index (χ2v) is 8.01. The number of nitrogens with two attached hydrogens (primary N) is 1. The number of benzene rings is 2. The summed E-state index contributed by atoms with van der Waals surface area (Å²) in [6.07, 6.45) is -4.74. The number of nitrogens with one attached hydrogen (secondary N) is 2. The molecule has 2 heterocycles. The Balaban J connectivity index is 1.87. The minimum atomic E-state index is -4.55. The van der Waals surface area contributed by atoms with Crippen molar-refractivity contribution >= 4 is 33.4 Å². The van der Waals surface area contributed by atoms with Crippen molar-refractivity contribution in [2.75, 3.05) is 18.0 Å². The standard InChI is InChI=1S/C23H22F4N4O2/c1-2-4-18(32)29-13-5-3-8-31(11-13)21-16(24)10-15(22(28)33)20-19(21)14-7-6-12(23(25,26)27)9-17(14)30-20/h6-7,9-10,13,22,30,33H,3,5,8,11,28H2,1H3,(H,29,32)/t13-,22?/m0/s1. The van der Waals surface area contributed by atoms with E-state index in [0.717, 1.165) is 18.2 Å². The molecular formula is C23H22F4N4O2. The lowest BCUT2D eigenvalue weighted by atomic mass is 10.00. The van der Waals surface area contributed by atoms with Gasteiger partial charge in [-0.15, -0.1) is 0 Å². The second-order valence-electron chi connectivity index (χ2n) is 8.01. The number of alkyl halides is 3. The van der Waals surface area contributed by atoms with E-state index in [1.54, 1.807) is 11.8 Å². The van der Waals surface area contributed by atoms with Crippen molar-refractivity contribution in [3.8, 4) is 11.8 Å². The number of aromatic nitrogens is 1. The predicted octanol–water partition coefficient (Wildman–Crippen LogP) is 3.54. The fourth-order valence-electron chi connectivity index (χ4n) is 4.41. The monoisotopic (exact) mass is 462 g/mol. The quantitative estimate of drug-likeness (QED) is 0.272. The average molecular weight is 462 g/mol. The van der Waals surface area contributed by atoms with Crippen molar-refractivity contribution < 1.29 is 27.5 Å². The van der Waals surface area contributed by atoms with E-state index in [9.17, 15) is 23.1 Å². The summed E-state index contributed by atoms with van der Waals surface area (Å²) in [7, 11) is 0. The molecule has 0 aliphatic carbocycles. The van der Waals surface area contributed by atoms with Crippen LogP contribution in [0.5, 0.6) is 0 Å². The third-order valence-corrected chi connectivity index (χ3v) is 5.79. The molecule has 2 atom stereocenters. The van der Waals surface area contributed by atoms with Gasteiger partial charge in [0.1, 0.15) is 12.0 Å². The third kappa shape index (κ3) is 4.34. The van der Waals surface area contributed by atoms with Gasteiger partial charge in [0.2, 0.25) is 0 Å². The molecule has 0 radical (unpaired) electrons. The molecule has 10 heteroatoms. The summed E-state index contributed by atoms with van der Waals surface area (Å²) in [5.74, 6) is 3.85. The highest BCUT2D eigenvalue weighted by Gasteiger charge is 2.32. The van der Waals surface area contributed by atoms with E-state index in [-0.39, 0.29) is 28.3 Å². The molecule has 0 saturated carbocycles. The van der Waals surface area contributed by atoms with Crippen molar-refractivity contribution in [3.63, 3.8) is 0 Å². The van der Waals surface area contributed by atoms with Gasteiger partial charge in [-0.25, -0.2) is 4.39 Å². The second kappa shape index (κ2) is 8.57. The number of hydrogen-bond donors (Lipinski definition) is 4. The Morgan fingerprint density at radius 2 is 2.12 bits per heavy atom. The molecule has 5 N–H and O–H groups in total. The maximum Gasteiger partial charge on any atom is 0.416 e. The Morgan fingerprint density at radius 3 is 2.79 bits per heavy atom. The normalized spacial score (nSPS) is 17.7. The first-order valence-corrected chi connectivity index (χ1v) is 10.4. The summed E-state index contributed by atoms with van der Waals surface area (Å²) in [5, 5.41) is 13.5. The third-order valence-electron chi connectivity index (χ3n) is 5.79. The highest BCUT2D eigenvalue weighted by Crippen LogP contribution is 2.41. The van der Waals surface area contributed by atoms with Crippen LogP contribution in [0.1, 0.15) is 37.1 Å². The van der Waals surface area contributed by atoms with Crippen molar-refractivity contribution in [2.24, 2.45) is 5.73 Å². The summed E-state index contributed by atoms with van der Waals surface area (Å²) in [6.45, 7) is 2.32. The molecule has 1 fully saturated rings. The van der Waals surface area contributed by atoms with Gasteiger partial charge in [-0.1, -0.05) is 12.0 Å². The Labute approximate surface area is 186 Å². The molecule has 1 aliphatic heterocycles. The number of aliphatic hydroxyl groups is 1. The molecule has 0 spiro atoms. The lowest BCUT2D eigenvalue weighted by Crippen LogP contribution is -2.47. The van der Waals surface area contributed by atoms with Crippen molar-refractivity contribution in [1.82, 2.24) is 10.3 Å². The molecule has 0 bridgehead atoms. The SMILES string of the molecule is CC#CC(=O)N[C@H]1CCCN(c2c(F)cc(C(N)O)c3[nH]c4cc(C(F)(F)F)ccc4c23)C1. The first-order chi connectivity index (χ1) is 15.6. The van der Waals surface area contributed by atoms with Crippen LogP contribution in [0, 0.1) is 17.7 Å². The fraction of sp³-hybridized carbons (Fsp3) is 0.348. The van der Waals surface area contributed by atoms with Crippen molar-refractivity contribution in [3.05, 3.63) is 41.2 Å². The van der Waals surface area contributed by atoms with Gasteiger partial charge in [0.05, 0.1) is 16.8 Å². The maximum atomic E-state index is 15.4.